The predicted molar refractivity (Wildman–Crippen MR) is 91.3 cm³/mol. The van der Waals surface area contributed by atoms with Gasteiger partial charge >= 0.3 is 0 Å². The molecule has 2 aromatic heterocycles. The predicted octanol–water partition coefficient (Wildman–Crippen LogP) is 2.13. The first-order valence-corrected chi connectivity index (χ1v) is 8.96. The molecule has 2 heterocycles. The number of rotatable bonds is 5. The number of carbonyl (C=O) groups is 1. The van der Waals surface area contributed by atoms with Crippen LogP contribution in [-0.2, 0) is 4.74 Å². The van der Waals surface area contributed by atoms with Crippen LogP contribution in [-0.4, -0.2) is 44.4 Å². The molecule has 0 aliphatic heterocycles. The fourth-order valence-electron chi connectivity index (χ4n) is 4.31. The summed E-state index contributed by atoms with van der Waals surface area (Å²) < 4.78 is 7.47. The molecule has 7 heteroatoms. The average molecular weight is 341 g/mol. The molecule has 0 bridgehead atoms. The van der Waals surface area contributed by atoms with E-state index in [-0.39, 0.29) is 23.5 Å². The van der Waals surface area contributed by atoms with Crippen molar-refractivity contribution in [1.82, 2.24) is 25.1 Å². The van der Waals surface area contributed by atoms with Gasteiger partial charge < -0.3 is 10.1 Å². The molecule has 4 rings (SSSR count). The summed E-state index contributed by atoms with van der Waals surface area (Å²) in [7, 11) is 0. The van der Waals surface area contributed by atoms with E-state index in [2.05, 4.69) is 20.4 Å². The summed E-state index contributed by atoms with van der Waals surface area (Å²) in [6.45, 7) is 2.78. The lowest BCUT2D eigenvalue weighted by Gasteiger charge is -2.54. The van der Waals surface area contributed by atoms with Gasteiger partial charge in [-0.25, -0.2) is 14.6 Å². The summed E-state index contributed by atoms with van der Waals surface area (Å²) in [5, 5.41) is 7.25. The maximum atomic E-state index is 12.6. The van der Waals surface area contributed by atoms with Crippen LogP contribution in [0.5, 0.6) is 0 Å². The number of hydrogen-bond acceptors (Lipinski definition) is 5. The Balaban J connectivity index is 1.43. The van der Waals surface area contributed by atoms with Crippen LogP contribution in [0, 0.1) is 5.41 Å². The Morgan fingerprint density at radius 3 is 2.88 bits per heavy atom. The number of nitrogens with one attached hydrogen (secondary N) is 1. The first-order valence-electron chi connectivity index (χ1n) is 8.96. The van der Waals surface area contributed by atoms with Crippen molar-refractivity contribution in [3.05, 3.63) is 36.5 Å². The summed E-state index contributed by atoms with van der Waals surface area (Å²) in [4.78, 5) is 20.8. The highest BCUT2D eigenvalue weighted by molar-refractivity contribution is 5.94. The van der Waals surface area contributed by atoms with Gasteiger partial charge in [0.25, 0.3) is 5.91 Å². The van der Waals surface area contributed by atoms with Gasteiger partial charge in [0, 0.05) is 24.3 Å². The van der Waals surface area contributed by atoms with Crippen molar-refractivity contribution in [2.75, 3.05) is 6.61 Å². The van der Waals surface area contributed by atoms with E-state index in [1.165, 1.54) is 19.2 Å². The van der Waals surface area contributed by atoms with Crippen LogP contribution >= 0.6 is 0 Å². The molecular formula is C18H23N5O2. The SMILES string of the molecule is CCOC1CC(NC(=O)c2ccc(-n3cncn3)nc2)C12CCCC2. The van der Waals surface area contributed by atoms with E-state index < -0.39 is 0 Å². The fraction of sp³-hybridized carbons (Fsp3) is 0.556. The number of carbonyl (C=O) groups excluding carboxylic acids is 1. The molecule has 2 aliphatic carbocycles. The molecule has 1 amide bonds. The lowest BCUT2D eigenvalue weighted by atomic mass is 9.60. The van der Waals surface area contributed by atoms with Crippen LogP contribution in [0.15, 0.2) is 31.0 Å². The van der Waals surface area contributed by atoms with Crippen LogP contribution in [0.3, 0.4) is 0 Å². The molecular weight excluding hydrogens is 318 g/mol. The second-order valence-electron chi connectivity index (χ2n) is 6.89. The molecule has 2 fully saturated rings. The minimum absolute atomic E-state index is 0.0659. The van der Waals surface area contributed by atoms with Crippen LogP contribution in [0.25, 0.3) is 5.82 Å². The quantitative estimate of drug-likeness (QED) is 0.901. The zero-order valence-corrected chi connectivity index (χ0v) is 14.4. The van der Waals surface area contributed by atoms with Gasteiger partial charge in [-0.1, -0.05) is 12.8 Å². The highest BCUT2D eigenvalue weighted by atomic mass is 16.5. The number of pyridine rings is 1. The van der Waals surface area contributed by atoms with Crippen LogP contribution in [0.1, 0.15) is 49.4 Å². The van der Waals surface area contributed by atoms with Crippen LogP contribution in [0.4, 0.5) is 0 Å². The Labute approximate surface area is 146 Å². The Bertz CT molecular complexity index is 722. The van der Waals surface area contributed by atoms with Crippen molar-refractivity contribution in [1.29, 1.82) is 0 Å². The Hall–Kier alpha value is -2.28. The van der Waals surface area contributed by atoms with E-state index in [9.17, 15) is 4.79 Å². The molecule has 0 aromatic carbocycles. The first-order chi connectivity index (χ1) is 12.2. The molecule has 2 aliphatic rings. The van der Waals surface area contributed by atoms with Crippen molar-refractivity contribution in [3.63, 3.8) is 0 Å². The Morgan fingerprint density at radius 2 is 2.24 bits per heavy atom. The number of nitrogens with zero attached hydrogens (tertiary/aromatic N) is 4. The molecule has 2 atom stereocenters. The highest BCUT2D eigenvalue weighted by Gasteiger charge is 2.57. The molecule has 0 saturated heterocycles. The monoisotopic (exact) mass is 341 g/mol. The molecule has 132 valence electrons. The number of aromatic nitrogens is 4. The van der Waals surface area contributed by atoms with Gasteiger partial charge in [-0.3, -0.25) is 4.79 Å². The standard InChI is InChI=1S/C18H23N5O2/c1-2-25-15-9-14(18(15)7-3-4-8-18)22-17(24)13-5-6-16(20-10-13)23-12-19-11-21-23/h5-6,10-12,14-15H,2-4,7-9H2,1H3,(H,22,24). The maximum Gasteiger partial charge on any atom is 0.253 e. The summed E-state index contributed by atoms with van der Waals surface area (Å²) in [6, 6.07) is 3.76. The largest absolute Gasteiger partial charge is 0.378 e. The highest BCUT2D eigenvalue weighted by Crippen LogP contribution is 2.54. The summed E-state index contributed by atoms with van der Waals surface area (Å²) >= 11 is 0. The summed E-state index contributed by atoms with van der Waals surface area (Å²) in [6.07, 6.45) is 10.6. The Morgan fingerprint density at radius 1 is 1.40 bits per heavy atom. The smallest absolute Gasteiger partial charge is 0.253 e. The molecule has 2 aromatic rings. The molecule has 0 radical (unpaired) electrons. The Kier molecular flexibility index (Phi) is 4.25. The van der Waals surface area contributed by atoms with Crippen molar-refractivity contribution >= 4 is 5.91 Å². The lowest BCUT2D eigenvalue weighted by molar-refractivity contribution is -0.127. The normalized spacial score (nSPS) is 24.2. The number of hydrogen-bond donors (Lipinski definition) is 1. The van der Waals surface area contributed by atoms with Crippen molar-refractivity contribution in [2.45, 2.75) is 51.2 Å². The van der Waals surface area contributed by atoms with E-state index >= 15 is 0 Å². The number of amides is 1. The van der Waals surface area contributed by atoms with E-state index in [4.69, 9.17) is 4.74 Å². The fourth-order valence-corrected chi connectivity index (χ4v) is 4.31. The van der Waals surface area contributed by atoms with Crippen LogP contribution < -0.4 is 5.32 Å². The minimum atomic E-state index is -0.0659. The van der Waals surface area contributed by atoms with Gasteiger partial charge in [-0.2, -0.15) is 5.10 Å². The third-order valence-corrected chi connectivity index (χ3v) is 5.66. The first kappa shape index (κ1) is 16.2. The lowest BCUT2D eigenvalue weighted by Crippen LogP contribution is -2.63. The van der Waals surface area contributed by atoms with Crippen LogP contribution in [0.2, 0.25) is 0 Å². The maximum absolute atomic E-state index is 12.6. The second kappa shape index (κ2) is 6.55. The number of ether oxygens (including phenoxy) is 1. The van der Waals surface area contributed by atoms with Crippen molar-refractivity contribution < 1.29 is 9.53 Å². The summed E-state index contributed by atoms with van der Waals surface area (Å²) in [5.74, 6) is 0.574. The van der Waals surface area contributed by atoms with E-state index in [0.717, 1.165) is 25.9 Å². The molecule has 2 unspecified atom stereocenters. The van der Waals surface area contributed by atoms with Gasteiger partial charge in [-0.05, 0) is 38.3 Å². The zero-order chi connectivity index (χ0) is 17.3. The van der Waals surface area contributed by atoms with E-state index in [0.29, 0.717) is 11.4 Å². The average Bonchev–Trinajstić information content (AvgIpc) is 3.33. The molecule has 2 saturated carbocycles. The summed E-state index contributed by atoms with van der Waals surface area (Å²) in [5.41, 5.74) is 0.705. The third kappa shape index (κ3) is 2.82. The van der Waals surface area contributed by atoms with Gasteiger partial charge in [0.2, 0.25) is 0 Å². The van der Waals surface area contributed by atoms with E-state index in [1.54, 1.807) is 29.3 Å². The van der Waals surface area contributed by atoms with Crippen molar-refractivity contribution in [3.8, 4) is 5.82 Å². The van der Waals surface area contributed by atoms with Gasteiger partial charge in [0.1, 0.15) is 12.7 Å². The zero-order valence-electron chi connectivity index (χ0n) is 14.4. The molecule has 1 spiro atoms. The van der Waals surface area contributed by atoms with Crippen molar-refractivity contribution in [2.24, 2.45) is 5.41 Å². The molecule has 25 heavy (non-hydrogen) atoms. The van der Waals surface area contributed by atoms with Gasteiger partial charge in [0.15, 0.2) is 5.82 Å². The van der Waals surface area contributed by atoms with Gasteiger partial charge in [-0.15, -0.1) is 0 Å². The molecule has 7 nitrogen and oxygen atoms in total. The third-order valence-electron chi connectivity index (χ3n) is 5.66. The minimum Gasteiger partial charge on any atom is -0.378 e. The van der Waals surface area contributed by atoms with Gasteiger partial charge in [0.05, 0.1) is 11.7 Å². The second-order valence-corrected chi connectivity index (χ2v) is 6.89. The topological polar surface area (TPSA) is 81.9 Å². The van der Waals surface area contributed by atoms with E-state index in [1.807, 2.05) is 6.92 Å². The molecule has 1 N–H and O–H groups in total.